The number of aromatic carboxylic acids is 1. The second kappa shape index (κ2) is 3.16. The SMILES string of the molecule is COC(=O)c1cc2[nH]c(C(=O)O)cc2o1. The minimum atomic E-state index is -1.08. The van der Waals surface area contributed by atoms with E-state index < -0.39 is 11.9 Å². The molecule has 2 rings (SSSR count). The van der Waals surface area contributed by atoms with Crippen LogP contribution in [-0.4, -0.2) is 29.1 Å². The average molecular weight is 209 g/mol. The van der Waals surface area contributed by atoms with E-state index in [9.17, 15) is 9.59 Å². The Kier molecular flexibility index (Phi) is 1.96. The summed E-state index contributed by atoms with van der Waals surface area (Å²) in [6.07, 6.45) is 0. The minimum absolute atomic E-state index is 0.0140. The van der Waals surface area contributed by atoms with Crippen molar-refractivity contribution in [2.45, 2.75) is 0 Å². The second-order valence-corrected chi connectivity index (χ2v) is 2.87. The van der Waals surface area contributed by atoms with Gasteiger partial charge in [-0.05, 0) is 0 Å². The van der Waals surface area contributed by atoms with Crippen molar-refractivity contribution in [3.8, 4) is 0 Å². The molecule has 0 spiro atoms. The normalized spacial score (nSPS) is 10.5. The number of hydrogen-bond donors (Lipinski definition) is 2. The summed E-state index contributed by atoms with van der Waals surface area (Å²) in [4.78, 5) is 24.2. The molecule has 15 heavy (non-hydrogen) atoms. The molecule has 0 unspecified atom stereocenters. The van der Waals surface area contributed by atoms with Crippen molar-refractivity contribution in [2.75, 3.05) is 7.11 Å². The molecule has 6 nitrogen and oxygen atoms in total. The monoisotopic (exact) mass is 209 g/mol. The Bertz CT molecular complexity index is 504. The summed E-state index contributed by atoms with van der Waals surface area (Å²) in [5.74, 6) is -1.65. The van der Waals surface area contributed by atoms with Gasteiger partial charge >= 0.3 is 11.9 Å². The standard InChI is InChI=1S/C9H7NO5/c1-14-9(13)7-2-4-6(15-7)3-5(10-4)8(11)12/h2-3,10H,1H3,(H,11,12). The molecule has 6 heteroatoms. The number of hydrogen-bond acceptors (Lipinski definition) is 4. The maximum Gasteiger partial charge on any atom is 0.374 e. The van der Waals surface area contributed by atoms with E-state index in [0.717, 1.165) is 0 Å². The van der Waals surface area contributed by atoms with Crippen LogP contribution in [0.3, 0.4) is 0 Å². The van der Waals surface area contributed by atoms with Crippen LogP contribution >= 0.6 is 0 Å². The molecular weight excluding hydrogens is 202 g/mol. The van der Waals surface area contributed by atoms with Crippen molar-refractivity contribution in [2.24, 2.45) is 0 Å². The third-order valence-corrected chi connectivity index (χ3v) is 1.92. The molecule has 0 fully saturated rings. The van der Waals surface area contributed by atoms with E-state index in [0.29, 0.717) is 11.1 Å². The second-order valence-electron chi connectivity index (χ2n) is 2.87. The number of aromatic amines is 1. The first-order valence-electron chi connectivity index (χ1n) is 4.06. The van der Waals surface area contributed by atoms with Gasteiger partial charge in [-0.25, -0.2) is 9.59 Å². The summed E-state index contributed by atoms with van der Waals surface area (Å²) in [7, 11) is 1.24. The van der Waals surface area contributed by atoms with E-state index in [1.54, 1.807) is 0 Å². The summed E-state index contributed by atoms with van der Waals surface area (Å²) < 4.78 is 9.53. The molecule has 0 aliphatic rings. The molecule has 2 heterocycles. The predicted molar refractivity (Wildman–Crippen MR) is 48.9 cm³/mol. The van der Waals surface area contributed by atoms with Gasteiger partial charge in [0.25, 0.3) is 0 Å². The zero-order valence-corrected chi connectivity index (χ0v) is 7.73. The average Bonchev–Trinajstić information content (AvgIpc) is 2.72. The molecular formula is C9H7NO5. The number of furan rings is 1. The van der Waals surface area contributed by atoms with Gasteiger partial charge in [-0.15, -0.1) is 0 Å². The fourth-order valence-corrected chi connectivity index (χ4v) is 1.24. The lowest BCUT2D eigenvalue weighted by atomic mass is 10.4. The first kappa shape index (κ1) is 9.32. The number of carboxylic acid groups (broad SMARTS) is 1. The van der Waals surface area contributed by atoms with Crippen LogP contribution in [0.5, 0.6) is 0 Å². The number of esters is 1. The van der Waals surface area contributed by atoms with Crippen molar-refractivity contribution in [3.63, 3.8) is 0 Å². The summed E-state index contributed by atoms with van der Waals surface area (Å²) >= 11 is 0. The smallest absolute Gasteiger partial charge is 0.374 e. The molecule has 2 aromatic heterocycles. The van der Waals surface area contributed by atoms with Gasteiger partial charge in [-0.1, -0.05) is 0 Å². The van der Waals surface area contributed by atoms with E-state index in [1.807, 2.05) is 0 Å². The number of carbonyl (C=O) groups is 2. The number of aromatic nitrogens is 1. The number of carboxylic acids is 1. The fourth-order valence-electron chi connectivity index (χ4n) is 1.24. The van der Waals surface area contributed by atoms with Crippen LogP contribution in [0.25, 0.3) is 11.1 Å². The molecule has 0 atom stereocenters. The maximum atomic E-state index is 11.1. The molecule has 0 saturated carbocycles. The summed E-state index contributed by atoms with van der Waals surface area (Å²) in [5.41, 5.74) is 0.778. The molecule has 0 radical (unpaired) electrons. The largest absolute Gasteiger partial charge is 0.477 e. The van der Waals surface area contributed by atoms with E-state index in [1.165, 1.54) is 19.2 Å². The molecule has 2 N–H and O–H groups in total. The van der Waals surface area contributed by atoms with Gasteiger partial charge in [-0.2, -0.15) is 0 Å². The Labute approximate surface area is 83.4 Å². The van der Waals surface area contributed by atoms with E-state index >= 15 is 0 Å². The number of rotatable bonds is 2. The van der Waals surface area contributed by atoms with Gasteiger partial charge < -0.3 is 19.2 Å². The zero-order chi connectivity index (χ0) is 11.0. The summed E-state index contributed by atoms with van der Waals surface area (Å²) in [6.45, 7) is 0. The Morgan fingerprint density at radius 3 is 2.73 bits per heavy atom. The third kappa shape index (κ3) is 1.45. The molecule has 0 amide bonds. The van der Waals surface area contributed by atoms with Crippen LogP contribution in [0.4, 0.5) is 0 Å². The molecule has 0 aliphatic carbocycles. The van der Waals surface area contributed by atoms with Crippen LogP contribution in [0.15, 0.2) is 16.5 Å². The highest BCUT2D eigenvalue weighted by atomic mass is 16.5. The first-order chi connectivity index (χ1) is 7.11. The van der Waals surface area contributed by atoms with Crippen LogP contribution in [0.2, 0.25) is 0 Å². The lowest BCUT2D eigenvalue weighted by molar-refractivity contribution is 0.0567. The van der Waals surface area contributed by atoms with Crippen molar-refractivity contribution >= 4 is 23.0 Å². The zero-order valence-electron chi connectivity index (χ0n) is 7.73. The highest BCUT2D eigenvalue weighted by molar-refractivity contribution is 5.95. The number of H-pyrrole nitrogens is 1. The molecule has 0 saturated heterocycles. The Morgan fingerprint density at radius 1 is 1.47 bits per heavy atom. The van der Waals surface area contributed by atoms with Crippen LogP contribution in [0.1, 0.15) is 21.0 Å². The molecule has 0 aliphatic heterocycles. The fraction of sp³-hybridized carbons (Fsp3) is 0.111. The summed E-state index contributed by atoms with van der Waals surface area (Å²) in [6, 6.07) is 2.71. The lowest BCUT2D eigenvalue weighted by Crippen LogP contribution is -1.98. The van der Waals surface area contributed by atoms with Gasteiger partial charge in [-0.3, -0.25) is 0 Å². The maximum absolute atomic E-state index is 11.1. The Balaban J connectivity index is 2.47. The number of carbonyl (C=O) groups excluding carboxylic acids is 1. The predicted octanol–water partition coefficient (Wildman–Crippen LogP) is 1.25. The Hall–Kier alpha value is -2.24. The van der Waals surface area contributed by atoms with Gasteiger partial charge in [0, 0.05) is 12.1 Å². The van der Waals surface area contributed by atoms with Gasteiger partial charge in [0.15, 0.2) is 5.58 Å². The lowest BCUT2D eigenvalue weighted by Gasteiger charge is -1.91. The van der Waals surface area contributed by atoms with Crippen LogP contribution < -0.4 is 0 Å². The van der Waals surface area contributed by atoms with Gasteiger partial charge in [0.2, 0.25) is 5.76 Å². The number of ether oxygens (including phenoxy) is 1. The van der Waals surface area contributed by atoms with Crippen molar-refractivity contribution in [1.82, 2.24) is 4.98 Å². The van der Waals surface area contributed by atoms with Gasteiger partial charge in [0.1, 0.15) is 5.69 Å². The topological polar surface area (TPSA) is 92.5 Å². The highest BCUT2D eigenvalue weighted by Crippen LogP contribution is 2.20. The molecule has 2 aromatic rings. The van der Waals surface area contributed by atoms with E-state index in [4.69, 9.17) is 9.52 Å². The molecule has 0 bridgehead atoms. The minimum Gasteiger partial charge on any atom is -0.477 e. The highest BCUT2D eigenvalue weighted by Gasteiger charge is 2.16. The van der Waals surface area contributed by atoms with Crippen molar-refractivity contribution in [1.29, 1.82) is 0 Å². The van der Waals surface area contributed by atoms with Crippen molar-refractivity contribution in [3.05, 3.63) is 23.6 Å². The number of fused-ring (bicyclic) bond motifs is 1. The van der Waals surface area contributed by atoms with Crippen LogP contribution in [0, 0.1) is 0 Å². The Morgan fingerprint density at radius 2 is 2.20 bits per heavy atom. The van der Waals surface area contributed by atoms with Gasteiger partial charge in [0.05, 0.1) is 12.6 Å². The third-order valence-electron chi connectivity index (χ3n) is 1.92. The number of methoxy groups -OCH3 is 1. The van der Waals surface area contributed by atoms with Crippen LogP contribution in [-0.2, 0) is 4.74 Å². The number of nitrogens with one attached hydrogen (secondary N) is 1. The van der Waals surface area contributed by atoms with E-state index in [-0.39, 0.29) is 11.5 Å². The first-order valence-corrected chi connectivity index (χ1v) is 4.06. The molecule has 78 valence electrons. The quantitative estimate of drug-likeness (QED) is 0.726. The van der Waals surface area contributed by atoms with E-state index in [2.05, 4.69) is 9.72 Å². The van der Waals surface area contributed by atoms with Crippen molar-refractivity contribution < 1.29 is 23.8 Å². The summed E-state index contributed by atoms with van der Waals surface area (Å²) in [5, 5.41) is 8.66. The molecule has 0 aromatic carbocycles.